The summed E-state index contributed by atoms with van der Waals surface area (Å²) in [4.78, 5) is 35.4. The molecule has 1 amide bonds. The normalized spacial score (nSPS) is 16.6. The van der Waals surface area contributed by atoms with Gasteiger partial charge in [-0.1, -0.05) is 11.3 Å². The van der Waals surface area contributed by atoms with Gasteiger partial charge in [-0.3, -0.25) is 4.79 Å². The Morgan fingerprint density at radius 3 is 2.43 bits per heavy atom. The van der Waals surface area contributed by atoms with Crippen LogP contribution in [0, 0.1) is 13.8 Å². The van der Waals surface area contributed by atoms with Gasteiger partial charge < -0.3 is 14.7 Å². The highest BCUT2D eigenvalue weighted by Gasteiger charge is 2.38. The van der Waals surface area contributed by atoms with Crippen LogP contribution in [-0.4, -0.2) is 91.7 Å². The number of aryl methyl sites for hydroxylation is 2. The van der Waals surface area contributed by atoms with E-state index in [-0.39, 0.29) is 24.2 Å². The van der Waals surface area contributed by atoms with Crippen LogP contribution < -0.4 is 4.90 Å². The number of halogens is 3. The van der Waals surface area contributed by atoms with Crippen LogP contribution >= 0.6 is 11.3 Å². The minimum absolute atomic E-state index is 0.0680. The minimum Gasteiger partial charge on any atom is -0.358 e. The predicted octanol–water partition coefficient (Wildman–Crippen LogP) is 2.67. The number of amides is 1. The first kappa shape index (κ1) is 26.9. The largest absolute Gasteiger partial charge is 0.443 e. The number of piperazine rings is 1. The first-order chi connectivity index (χ1) is 17.4. The molecule has 37 heavy (non-hydrogen) atoms. The van der Waals surface area contributed by atoms with Gasteiger partial charge in [0.2, 0.25) is 10.9 Å². The zero-order valence-corrected chi connectivity index (χ0v) is 22.3. The Balaban J connectivity index is 1.53. The number of alkyl halides is 3. The zero-order chi connectivity index (χ0) is 26.9. The summed E-state index contributed by atoms with van der Waals surface area (Å²) in [6.07, 6.45) is -0.877. The van der Waals surface area contributed by atoms with Crippen LogP contribution in [0.25, 0.3) is 11.3 Å². The number of carbonyl (C=O) groups is 1. The Hall–Kier alpha value is -3.13. The lowest BCUT2D eigenvalue weighted by Crippen LogP contribution is -2.54. The molecule has 0 aromatic carbocycles. The standard InChI is InChI=1S/C23H30F3N9OS/c1-14-12-33(8-9-34(14)19(36)13-35-16(3)29-15(2)31-35)21-20(30-22(37-21)23(24,25)26)17-10-27-18(28-11-17)6-7-32(4)5/h10-11,14H,6-9,12-13H2,1-5H3/t14-/m1/s1. The monoisotopic (exact) mass is 537 g/mol. The van der Waals surface area contributed by atoms with Gasteiger partial charge in [0.05, 0.1) is 0 Å². The van der Waals surface area contributed by atoms with E-state index < -0.39 is 11.2 Å². The van der Waals surface area contributed by atoms with Gasteiger partial charge >= 0.3 is 6.18 Å². The van der Waals surface area contributed by atoms with Crippen molar-refractivity contribution in [2.75, 3.05) is 45.2 Å². The summed E-state index contributed by atoms with van der Waals surface area (Å²) in [5.74, 6) is 1.75. The summed E-state index contributed by atoms with van der Waals surface area (Å²) in [6, 6.07) is -0.222. The second-order valence-electron chi connectivity index (χ2n) is 9.36. The fourth-order valence-electron chi connectivity index (χ4n) is 4.21. The lowest BCUT2D eigenvalue weighted by molar-refractivity contribution is -0.137. The number of anilines is 1. The molecular formula is C23H30F3N9OS. The van der Waals surface area contributed by atoms with Crippen molar-refractivity contribution in [3.8, 4) is 11.3 Å². The first-order valence-corrected chi connectivity index (χ1v) is 12.7. The average molecular weight is 538 g/mol. The van der Waals surface area contributed by atoms with Crippen LogP contribution in [0.15, 0.2) is 12.4 Å². The highest BCUT2D eigenvalue weighted by molar-refractivity contribution is 7.16. The van der Waals surface area contributed by atoms with Crippen LogP contribution in [0.1, 0.15) is 29.4 Å². The Morgan fingerprint density at radius 2 is 1.86 bits per heavy atom. The number of rotatable bonds is 7. The maximum atomic E-state index is 13.6. The van der Waals surface area contributed by atoms with Crippen molar-refractivity contribution in [2.24, 2.45) is 0 Å². The Bertz CT molecular complexity index is 1240. The molecule has 0 bridgehead atoms. The van der Waals surface area contributed by atoms with Crippen molar-refractivity contribution in [3.63, 3.8) is 0 Å². The molecule has 3 aromatic rings. The van der Waals surface area contributed by atoms with Crippen molar-refractivity contribution in [1.29, 1.82) is 0 Å². The quantitative estimate of drug-likeness (QED) is 0.454. The summed E-state index contributed by atoms with van der Waals surface area (Å²) in [5.41, 5.74) is 0.635. The number of aromatic nitrogens is 6. The number of likely N-dealkylation sites (N-methyl/N-ethyl adjacent to an activating group) is 1. The van der Waals surface area contributed by atoms with Gasteiger partial charge in [-0.15, -0.1) is 0 Å². The molecule has 200 valence electrons. The predicted molar refractivity (Wildman–Crippen MR) is 133 cm³/mol. The zero-order valence-electron chi connectivity index (χ0n) is 21.5. The SMILES string of the molecule is Cc1nc(C)n(CC(=O)N2CCN(c3sc(C(F)(F)F)nc3-c3cnc(CCN(C)C)nc3)C[C@H]2C)n1. The van der Waals surface area contributed by atoms with Crippen molar-refractivity contribution < 1.29 is 18.0 Å². The molecule has 0 saturated carbocycles. The maximum absolute atomic E-state index is 13.6. The van der Waals surface area contributed by atoms with E-state index in [9.17, 15) is 18.0 Å². The third-order valence-electron chi connectivity index (χ3n) is 6.10. The minimum atomic E-state index is -4.57. The number of carbonyl (C=O) groups excluding carboxylic acids is 1. The van der Waals surface area contributed by atoms with E-state index in [1.165, 1.54) is 12.4 Å². The molecule has 1 saturated heterocycles. The third-order valence-corrected chi connectivity index (χ3v) is 7.26. The summed E-state index contributed by atoms with van der Waals surface area (Å²) >= 11 is 0.607. The molecule has 1 atom stereocenters. The van der Waals surface area contributed by atoms with Gasteiger partial charge in [-0.25, -0.2) is 24.6 Å². The molecule has 1 aliphatic heterocycles. The molecule has 0 unspecified atom stereocenters. The van der Waals surface area contributed by atoms with Crippen molar-refractivity contribution in [2.45, 2.75) is 46.0 Å². The molecule has 4 rings (SSSR count). The molecule has 10 nitrogen and oxygen atoms in total. The number of hydrogen-bond donors (Lipinski definition) is 0. The van der Waals surface area contributed by atoms with Gasteiger partial charge in [0.1, 0.15) is 34.7 Å². The van der Waals surface area contributed by atoms with Gasteiger partial charge in [0.25, 0.3) is 0 Å². The van der Waals surface area contributed by atoms with Gasteiger partial charge in [-0.2, -0.15) is 18.3 Å². The van der Waals surface area contributed by atoms with E-state index in [0.29, 0.717) is 65.4 Å². The molecule has 1 aliphatic rings. The summed E-state index contributed by atoms with van der Waals surface area (Å²) in [7, 11) is 3.89. The molecule has 0 N–H and O–H groups in total. The number of hydrogen-bond acceptors (Lipinski definition) is 9. The topological polar surface area (TPSA) is 96.2 Å². The Kier molecular flexibility index (Phi) is 7.78. The molecule has 0 spiro atoms. The van der Waals surface area contributed by atoms with Crippen LogP contribution in [0.4, 0.5) is 18.2 Å². The van der Waals surface area contributed by atoms with E-state index >= 15 is 0 Å². The molecule has 1 fully saturated rings. The fourth-order valence-corrected chi connectivity index (χ4v) is 5.20. The van der Waals surface area contributed by atoms with Crippen LogP contribution in [0.3, 0.4) is 0 Å². The van der Waals surface area contributed by atoms with Crippen LogP contribution in [-0.2, 0) is 23.9 Å². The molecule has 14 heteroatoms. The molecular weight excluding hydrogens is 507 g/mol. The number of thiazole rings is 1. The fraction of sp³-hybridized carbons (Fsp3) is 0.565. The lowest BCUT2D eigenvalue weighted by Gasteiger charge is -2.40. The van der Waals surface area contributed by atoms with Gasteiger partial charge in [0.15, 0.2) is 0 Å². The van der Waals surface area contributed by atoms with Crippen molar-refractivity contribution in [1.82, 2.24) is 39.5 Å². The van der Waals surface area contributed by atoms with Gasteiger partial charge in [-0.05, 0) is 34.9 Å². The highest BCUT2D eigenvalue weighted by Crippen LogP contribution is 2.42. The van der Waals surface area contributed by atoms with Crippen molar-refractivity contribution >= 4 is 22.2 Å². The highest BCUT2D eigenvalue weighted by atomic mass is 32.1. The molecule has 3 aromatic heterocycles. The van der Waals surface area contributed by atoms with Crippen LogP contribution in [0.5, 0.6) is 0 Å². The maximum Gasteiger partial charge on any atom is 0.443 e. The smallest absolute Gasteiger partial charge is 0.358 e. The number of nitrogens with zero attached hydrogens (tertiary/aromatic N) is 9. The van der Waals surface area contributed by atoms with E-state index in [2.05, 4.69) is 25.0 Å². The third kappa shape index (κ3) is 6.24. The second-order valence-corrected chi connectivity index (χ2v) is 10.3. The van der Waals surface area contributed by atoms with Crippen LogP contribution in [0.2, 0.25) is 0 Å². The Morgan fingerprint density at radius 1 is 1.16 bits per heavy atom. The molecule has 4 heterocycles. The average Bonchev–Trinajstić information content (AvgIpc) is 3.41. The summed E-state index contributed by atoms with van der Waals surface area (Å²) < 4.78 is 42.4. The molecule has 0 aliphatic carbocycles. The van der Waals surface area contributed by atoms with E-state index in [1.807, 2.05) is 30.8 Å². The van der Waals surface area contributed by atoms with Gasteiger partial charge in [0, 0.05) is 56.6 Å². The summed E-state index contributed by atoms with van der Waals surface area (Å²) in [6.45, 7) is 7.38. The first-order valence-electron chi connectivity index (χ1n) is 11.9. The van der Waals surface area contributed by atoms with E-state index in [1.54, 1.807) is 23.4 Å². The summed E-state index contributed by atoms with van der Waals surface area (Å²) in [5, 5.41) is 3.73. The van der Waals surface area contributed by atoms with E-state index in [0.717, 1.165) is 6.54 Å². The van der Waals surface area contributed by atoms with Crippen molar-refractivity contribution in [3.05, 3.63) is 34.9 Å². The molecule has 0 radical (unpaired) electrons. The Labute approximate surface area is 217 Å². The van der Waals surface area contributed by atoms with E-state index in [4.69, 9.17) is 0 Å². The second kappa shape index (κ2) is 10.7. The lowest BCUT2D eigenvalue weighted by atomic mass is 10.1.